The minimum Gasteiger partial charge on any atom is -0.352 e. The van der Waals surface area contributed by atoms with Crippen molar-refractivity contribution in [2.45, 2.75) is 5.54 Å². The van der Waals surface area contributed by atoms with Crippen LogP contribution in [0, 0.1) is 0 Å². The number of carbonyl (C=O) groups excluding carboxylic acids is 3. The summed E-state index contributed by atoms with van der Waals surface area (Å²) in [4.78, 5) is 39.0. The standard InChI is InChI=1S/C17H15N3O3/c1-20-13-10-6-5-9-12(13)14(21)17(15(20)22,19-16(18)23)11-7-3-2-4-8-11/h2-10H,1H3,(H3,18,19,23). The van der Waals surface area contributed by atoms with Crippen molar-refractivity contribution < 1.29 is 14.4 Å². The molecule has 23 heavy (non-hydrogen) atoms. The van der Waals surface area contributed by atoms with Gasteiger partial charge in [0.2, 0.25) is 11.3 Å². The van der Waals surface area contributed by atoms with E-state index in [1.54, 1.807) is 61.6 Å². The first-order valence-corrected chi connectivity index (χ1v) is 7.03. The molecule has 2 aromatic carbocycles. The van der Waals surface area contributed by atoms with Gasteiger partial charge in [-0.3, -0.25) is 9.59 Å². The molecule has 0 aromatic heterocycles. The summed E-state index contributed by atoms with van der Waals surface area (Å²) in [5, 5.41) is 2.38. The van der Waals surface area contributed by atoms with Crippen molar-refractivity contribution >= 4 is 23.4 Å². The van der Waals surface area contributed by atoms with Gasteiger partial charge in [-0.1, -0.05) is 42.5 Å². The minimum absolute atomic E-state index is 0.354. The van der Waals surface area contributed by atoms with Gasteiger partial charge in [0, 0.05) is 12.6 Å². The number of nitrogens with two attached hydrogens (primary N) is 1. The van der Waals surface area contributed by atoms with Gasteiger partial charge in [0.05, 0.1) is 5.69 Å². The number of urea groups is 1. The highest BCUT2D eigenvalue weighted by Crippen LogP contribution is 2.37. The fraction of sp³-hybridized carbons (Fsp3) is 0.118. The molecule has 0 spiro atoms. The molecule has 1 atom stereocenters. The molecule has 0 fully saturated rings. The van der Waals surface area contributed by atoms with Crippen LogP contribution in [0.4, 0.5) is 10.5 Å². The van der Waals surface area contributed by atoms with Gasteiger partial charge in [-0.2, -0.15) is 0 Å². The van der Waals surface area contributed by atoms with E-state index in [-0.39, 0.29) is 0 Å². The topological polar surface area (TPSA) is 92.5 Å². The van der Waals surface area contributed by atoms with Gasteiger partial charge < -0.3 is 16.0 Å². The SMILES string of the molecule is CN1C(=O)C(NC(N)=O)(c2ccccc2)C(=O)c2ccccc21. The second-order valence-electron chi connectivity index (χ2n) is 5.32. The third kappa shape index (κ3) is 2.07. The molecule has 6 heteroatoms. The molecule has 0 aliphatic carbocycles. The molecule has 0 saturated heterocycles. The molecule has 2 aromatic rings. The number of nitrogens with one attached hydrogen (secondary N) is 1. The highest BCUT2D eigenvalue weighted by atomic mass is 16.2. The van der Waals surface area contributed by atoms with Gasteiger partial charge in [0.1, 0.15) is 0 Å². The summed E-state index contributed by atoms with van der Waals surface area (Å²) in [7, 11) is 1.56. The molecule has 1 unspecified atom stereocenters. The summed E-state index contributed by atoms with van der Waals surface area (Å²) in [6.07, 6.45) is 0. The number of primary amides is 1. The molecule has 3 N–H and O–H groups in total. The summed E-state index contributed by atoms with van der Waals surface area (Å²) >= 11 is 0. The van der Waals surface area contributed by atoms with Crippen molar-refractivity contribution in [1.82, 2.24) is 5.32 Å². The Labute approximate surface area is 132 Å². The molecule has 3 amide bonds. The van der Waals surface area contributed by atoms with E-state index in [1.807, 2.05) is 0 Å². The Kier molecular flexibility index (Phi) is 3.37. The number of likely N-dealkylation sites (N-methyl/N-ethyl adjacent to an activating group) is 1. The number of Topliss-reactive ketones (excluding diaryl/α,β-unsaturated/α-hetero) is 1. The van der Waals surface area contributed by atoms with Crippen LogP contribution in [0.2, 0.25) is 0 Å². The Bertz CT molecular complexity index is 804. The van der Waals surface area contributed by atoms with E-state index in [0.29, 0.717) is 16.8 Å². The first kappa shape index (κ1) is 14.8. The van der Waals surface area contributed by atoms with E-state index in [4.69, 9.17) is 5.73 Å². The lowest BCUT2D eigenvalue weighted by Gasteiger charge is -2.40. The Morgan fingerprint density at radius 2 is 1.65 bits per heavy atom. The second-order valence-corrected chi connectivity index (χ2v) is 5.32. The van der Waals surface area contributed by atoms with E-state index in [2.05, 4.69) is 5.32 Å². The minimum atomic E-state index is -1.85. The number of carbonyl (C=O) groups is 3. The quantitative estimate of drug-likeness (QED) is 0.821. The number of para-hydroxylation sites is 1. The fourth-order valence-electron chi connectivity index (χ4n) is 2.93. The average molecular weight is 309 g/mol. The number of anilines is 1. The van der Waals surface area contributed by atoms with Crippen LogP contribution in [-0.2, 0) is 10.3 Å². The molecule has 0 saturated carbocycles. The monoisotopic (exact) mass is 309 g/mol. The van der Waals surface area contributed by atoms with Gasteiger partial charge in [0.25, 0.3) is 5.91 Å². The molecule has 1 aliphatic heterocycles. The zero-order valence-electron chi connectivity index (χ0n) is 12.4. The molecule has 116 valence electrons. The lowest BCUT2D eigenvalue weighted by molar-refractivity contribution is -0.123. The van der Waals surface area contributed by atoms with E-state index in [0.717, 1.165) is 0 Å². The number of hydrogen-bond donors (Lipinski definition) is 2. The first-order valence-electron chi connectivity index (χ1n) is 7.03. The van der Waals surface area contributed by atoms with Crippen LogP contribution >= 0.6 is 0 Å². The molecule has 0 bridgehead atoms. The van der Waals surface area contributed by atoms with E-state index in [9.17, 15) is 14.4 Å². The highest BCUT2D eigenvalue weighted by Gasteiger charge is 2.54. The first-order chi connectivity index (χ1) is 11.0. The number of ketones is 1. The third-order valence-corrected chi connectivity index (χ3v) is 3.99. The van der Waals surface area contributed by atoms with Crippen molar-refractivity contribution in [2.24, 2.45) is 5.73 Å². The van der Waals surface area contributed by atoms with Gasteiger partial charge in [-0.15, -0.1) is 0 Å². The summed E-state index contributed by atoms with van der Waals surface area (Å²) in [5.74, 6) is -1.05. The Balaban J connectivity index is 2.30. The molecule has 0 radical (unpaired) electrons. The summed E-state index contributed by atoms with van der Waals surface area (Å²) < 4.78 is 0. The average Bonchev–Trinajstić information content (AvgIpc) is 2.57. The summed E-state index contributed by atoms with van der Waals surface area (Å²) in [5.41, 5.74) is 4.64. The Morgan fingerprint density at radius 1 is 1.04 bits per heavy atom. The lowest BCUT2D eigenvalue weighted by Crippen LogP contribution is -2.64. The van der Waals surface area contributed by atoms with Crippen LogP contribution in [0.1, 0.15) is 15.9 Å². The smallest absolute Gasteiger partial charge is 0.313 e. The van der Waals surface area contributed by atoms with Crippen molar-refractivity contribution in [2.75, 3.05) is 11.9 Å². The number of nitrogens with zero attached hydrogens (tertiary/aromatic N) is 1. The molecular weight excluding hydrogens is 294 g/mol. The van der Waals surface area contributed by atoms with Gasteiger partial charge in [-0.25, -0.2) is 4.79 Å². The van der Waals surface area contributed by atoms with Gasteiger partial charge >= 0.3 is 6.03 Å². The maximum Gasteiger partial charge on any atom is 0.313 e. The number of rotatable bonds is 2. The van der Waals surface area contributed by atoms with Crippen LogP contribution in [0.15, 0.2) is 54.6 Å². The largest absolute Gasteiger partial charge is 0.352 e. The zero-order chi connectivity index (χ0) is 16.6. The van der Waals surface area contributed by atoms with Crippen molar-refractivity contribution in [1.29, 1.82) is 0 Å². The zero-order valence-corrected chi connectivity index (χ0v) is 12.4. The Hall–Kier alpha value is -3.15. The number of amides is 3. The van der Waals surface area contributed by atoms with Gasteiger partial charge in [0.15, 0.2) is 0 Å². The number of fused-ring (bicyclic) bond motifs is 1. The predicted molar refractivity (Wildman–Crippen MR) is 85.0 cm³/mol. The summed E-state index contributed by atoms with van der Waals surface area (Å²) in [6, 6.07) is 14.2. The predicted octanol–water partition coefficient (Wildman–Crippen LogP) is 1.41. The number of benzene rings is 2. The number of hydrogen-bond acceptors (Lipinski definition) is 3. The van der Waals surface area contributed by atoms with Crippen LogP contribution in [0.25, 0.3) is 0 Å². The van der Waals surface area contributed by atoms with Crippen LogP contribution < -0.4 is 16.0 Å². The van der Waals surface area contributed by atoms with Crippen LogP contribution in [-0.4, -0.2) is 24.8 Å². The van der Waals surface area contributed by atoms with Crippen LogP contribution in [0.5, 0.6) is 0 Å². The van der Waals surface area contributed by atoms with Crippen molar-refractivity contribution in [3.8, 4) is 0 Å². The third-order valence-electron chi connectivity index (χ3n) is 3.99. The second kappa shape index (κ2) is 5.24. The van der Waals surface area contributed by atoms with Crippen molar-refractivity contribution in [3.05, 3.63) is 65.7 Å². The van der Waals surface area contributed by atoms with E-state index in [1.165, 1.54) is 4.90 Å². The molecular formula is C17H15N3O3. The van der Waals surface area contributed by atoms with E-state index < -0.39 is 23.3 Å². The maximum atomic E-state index is 13.1. The molecule has 6 nitrogen and oxygen atoms in total. The maximum absolute atomic E-state index is 13.1. The normalized spacial score (nSPS) is 20.1. The lowest BCUT2D eigenvalue weighted by atomic mass is 9.78. The summed E-state index contributed by atoms with van der Waals surface area (Å²) in [6.45, 7) is 0. The van der Waals surface area contributed by atoms with Crippen LogP contribution in [0.3, 0.4) is 0 Å². The molecule has 1 heterocycles. The fourth-order valence-corrected chi connectivity index (χ4v) is 2.93. The highest BCUT2D eigenvalue weighted by molar-refractivity contribution is 6.29. The van der Waals surface area contributed by atoms with Gasteiger partial charge in [-0.05, 0) is 17.7 Å². The van der Waals surface area contributed by atoms with E-state index >= 15 is 0 Å². The molecule has 3 rings (SSSR count). The Morgan fingerprint density at radius 3 is 2.30 bits per heavy atom. The van der Waals surface area contributed by atoms with Crippen molar-refractivity contribution in [3.63, 3.8) is 0 Å². The molecule has 1 aliphatic rings.